The molecule has 0 aromatic heterocycles. The van der Waals surface area contributed by atoms with E-state index < -0.39 is 17.2 Å². The van der Waals surface area contributed by atoms with Gasteiger partial charge in [0.25, 0.3) is 0 Å². The summed E-state index contributed by atoms with van der Waals surface area (Å²) in [5, 5.41) is 0. The van der Waals surface area contributed by atoms with Crippen LogP contribution < -0.4 is 0 Å². The molecular formula is C16H42O6P2. The number of rotatable bonds is 8. The van der Waals surface area contributed by atoms with E-state index in [9.17, 15) is 0 Å². The lowest BCUT2D eigenvalue weighted by molar-refractivity contribution is 0.366. The Morgan fingerprint density at radius 2 is 0.792 bits per heavy atom. The van der Waals surface area contributed by atoms with Crippen molar-refractivity contribution in [2.75, 3.05) is 0 Å². The van der Waals surface area contributed by atoms with Gasteiger partial charge in [-0.2, -0.15) is 0 Å². The second-order valence-corrected chi connectivity index (χ2v) is 6.92. The van der Waals surface area contributed by atoms with Crippen molar-refractivity contribution >= 4 is 17.2 Å². The predicted octanol–water partition coefficient (Wildman–Crippen LogP) is 4.83. The molecule has 0 aliphatic heterocycles. The predicted molar refractivity (Wildman–Crippen MR) is 105 cm³/mol. The van der Waals surface area contributed by atoms with E-state index in [1.165, 1.54) is 51.4 Å². The van der Waals surface area contributed by atoms with Crippen LogP contribution >= 0.6 is 17.2 Å². The van der Waals surface area contributed by atoms with Gasteiger partial charge in [-0.05, 0) is 11.8 Å². The molecule has 0 heterocycles. The third-order valence-corrected chi connectivity index (χ3v) is 3.49. The van der Waals surface area contributed by atoms with E-state index in [4.69, 9.17) is 29.4 Å². The fourth-order valence-corrected chi connectivity index (χ4v) is 1.51. The maximum absolute atomic E-state index is 7.23. The van der Waals surface area contributed by atoms with Crippen LogP contribution in [0.1, 0.15) is 92.9 Å². The molecule has 0 aliphatic carbocycles. The fraction of sp³-hybridized carbons (Fsp3) is 1.00. The molecule has 8 heteroatoms. The van der Waals surface area contributed by atoms with Gasteiger partial charge in [0, 0.05) is 0 Å². The van der Waals surface area contributed by atoms with E-state index in [0.29, 0.717) is 0 Å². The lowest BCUT2D eigenvalue weighted by atomic mass is 10.0. The molecule has 0 spiro atoms. The van der Waals surface area contributed by atoms with Crippen molar-refractivity contribution < 1.29 is 29.4 Å². The number of hydrogen-bond donors (Lipinski definition) is 6. The van der Waals surface area contributed by atoms with Crippen molar-refractivity contribution in [3.63, 3.8) is 0 Å². The highest BCUT2D eigenvalue weighted by molar-refractivity contribution is 7.38. The summed E-state index contributed by atoms with van der Waals surface area (Å²) in [7, 11) is -5.24. The zero-order valence-electron chi connectivity index (χ0n) is 16.4. The first-order valence-corrected chi connectivity index (χ1v) is 11.2. The van der Waals surface area contributed by atoms with Gasteiger partial charge in [-0.25, -0.2) is 0 Å². The van der Waals surface area contributed by atoms with Gasteiger partial charge in [-0.15, -0.1) is 0 Å². The Bertz CT molecular complexity index is 172. The third kappa shape index (κ3) is 66.4. The van der Waals surface area contributed by atoms with Crippen LogP contribution in [0.4, 0.5) is 0 Å². The molecule has 6 nitrogen and oxygen atoms in total. The summed E-state index contributed by atoms with van der Waals surface area (Å²) < 4.78 is 0. The quantitative estimate of drug-likeness (QED) is 0.329. The van der Waals surface area contributed by atoms with Crippen LogP contribution in [0.15, 0.2) is 0 Å². The van der Waals surface area contributed by atoms with E-state index in [2.05, 4.69) is 41.5 Å². The minimum absolute atomic E-state index is 0.954. The smallest absolute Gasteiger partial charge is 0.324 e. The fourth-order valence-electron chi connectivity index (χ4n) is 1.51. The Balaban J connectivity index is -0.000000117. The lowest BCUT2D eigenvalue weighted by Gasteiger charge is -2.04. The maximum Gasteiger partial charge on any atom is 0.324 e. The van der Waals surface area contributed by atoms with Gasteiger partial charge in [-0.3, -0.25) is 0 Å². The second-order valence-electron chi connectivity index (χ2n) is 5.85. The van der Waals surface area contributed by atoms with Crippen LogP contribution in [0.5, 0.6) is 0 Å². The van der Waals surface area contributed by atoms with E-state index in [1.807, 2.05) is 0 Å². The normalized spacial score (nSPS) is 12.2. The molecule has 0 rings (SSSR count). The highest BCUT2D eigenvalue weighted by Crippen LogP contribution is 2.12. The molecule has 0 amide bonds. The van der Waals surface area contributed by atoms with Crippen LogP contribution in [0.3, 0.4) is 0 Å². The van der Waals surface area contributed by atoms with Gasteiger partial charge in [-0.1, -0.05) is 92.9 Å². The average molecular weight is 392 g/mol. The molecule has 2 atom stereocenters. The van der Waals surface area contributed by atoms with Crippen LogP contribution in [0.2, 0.25) is 0 Å². The first-order valence-electron chi connectivity index (χ1n) is 8.82. The number of unbranched alkanes of at least 4 members (excludes halogenated alkanes) is 2. The molecule has 0 aliphatic rings. The van der Waals surface area contributed by atoms with Gasteiger partial charge < -0.3 is 29.4 Å². The van der Waals surface area contributed by atoms with Crippen molar-refractivity contribution in [2.24, 2.45) is 11.8 Å². The van der Waals surface area contributed by atoms with Crippen molar-refractivity contribution in [1.82, 2.24) is 0 Å². The van der Waals surface area contributed by atoms with Gasteiger partial charge in [0.15, 0.2) is 0 Å². The van der Waals surface area contributed by atoms with Gasteiger partial charge >= 0.3 is 17.2 Å². The molecule has 24 heavy (non-hydrogen) atoms. The van der Waals surface area contributed by atoms with Gasteiger partial charge in [0.2, 0.25) is 0 Å². The largest absolute Gasteiger partial charge is 0.328 e. The van der Waals surface area contributed by atoms with E-state index in [0.717, 1.165) is 11.8 Å². The average Bonchev–Trinajstić information content (AvgIpc) is 2.49. The van der Waals surface area contributed by atoms with Crippen molar-refractivity contribution in [3.05, 3.63) is 0 Å². The summed E-state index contributed by atoms with van der Waals surface area (Å²) >= 11 is 0. The summed E-state index contributed by atoms with van der Waals surface area (Å²) in [6, 6.07) is 0. The monoisotopic (exact) mass is 392 g/mol. The zero-order valence-corrected chi connectivity index (χ0v) is 18.2. The second kappa shape index (κ2) is 28.4. The zero-order chi connectivity index (χ0) is 20.0. The molecule has 0 fully saturated rings. The van der Waals surface area contributed by atoms with Gasteiger partial charge in [0.1, 0.15) is 0 Å². The standard InChI is InChI=1S/2C8H18.2H3O3P/c2*1-4-6-7-8(3)5-2;2*1-4(2)3/h2*8H,4-7H2,1-3H3;2*1-3H. The molecule has 6 N–H and O–H groups in total. The van der Waals surface area contributed by atoms with Crippen molar-refractivity contribution in [3.8, 4) is 0 Å². The Labute approximate surface area is 152 Å². The highest BCUT2D eigenvalue weighted by atomic mass is 31.2. The molecule has 0 aromatic rings. The minimum atomic E-state index is -2.62. The molecule has 2 unspecified atom stereocenters. The lowest BCUT2D eigenvalue weighted by Crippen LogP contribution is -1.89. The Kier molecular flexibility index (Phi) is 38.3. The Morgan fingerprint density at radius 1 is 0.583 bits per heavy atom. The summed E-state index contributed by atoms with van der Waals surface area (Å²) in [5.41, 5.74) is 0. The minimum Gasteiger partial charge on any atom is -0.328 e. The molecule has 0 saturated carbocycles. The summed E-state index contributed by atoms with van der Waals surface area (Å²) in [6.07, 6.45) is 11.1. The summed E-state index contributed by atoms with van der Waals surface area (Å²) in [6.45, 7) is 13.7. The highest BCUT2D eigenvalue weighted by Gasteiger charge is 1.95. The molecular weight excluding hydrogens is 350 g/mol. The van der Waals surface area contributed by atoms with Gasteiger partial charge in [0.05, 0.1) is 0 Å². The molecule has 0 radical (unpaired) electrons. The molecule has 0 bridgehead atoms. The first-order chi connectivity index (χ1) is 11.1. The topological polar surface area (TPSA) is 121 Å². The van der Waals surface area contributed by atoms with E-state index in [1.54, 1.807) is 0 Å². The molecule has 152 valence electrons. The van der Waals surface area contributed by atoms with Crippen LogP contribution in [-0.2, 0) is 0 Å². The van der Waals surface area contributed by atoms with E-state index >= 15 is 0 Å². The molecule has 0 saturated heterocycles. The Hall–Kier alpha value is 0.620. The maximum atomic E-state index is 7.23. The number of hydrogen-bond acceptors (Lipinski definition) is 6. The Morgan fingerprint density at radius 3 is 0.917 bits per heavy atom. The summed E-state index contributed by atoms with van der Waals surface area (Å²) in [5.74, 6) is 1.91. The third-order valence-electron chi connectivity index (χ3n) is 3.49. The van der Waals surface area contributed by atoms with Crippen LogP contribution in [0, 0.1) is 11.8 Å². The molecule has 0 aromatic carbocycles. The first kappa shape index (κ1) is 32.3. The van der Waals surface area contributed by atoms with Crippen LogP contribution in [-0.4, -0.2) is 29.4 Å². The van der Waals surface area contributed by atoms with Crippen LogP contribution in [0.25, 0.3) is 0 Å². The summed E-state index contributed by atoms with van der Waals surface area (Å²) in [4.78, 5) is 43.4. The van der Waals surface area contributed by atoms with E-state index in [-0.39, 0.29) is 0 Å². The SMILES string of the molecule is CCCCC(C)CC.CCCCC(C)CC.OP(O)O.OP(O)O. The van der Waals surface area contributed by atoms with Crippen molar-refractivity contribution in [2.45, 2.75) is 92.9 Å². The van der Waals surface area contributed by atoms with Crippen molar-refractivity contribution in [1.29, 1.82) is 0 Å².